The van der Waals surface area contributed by atoms with E-state index in [9.17, 15) is 0 Å². The molecule has 0 amide bonds. The van der Waals surface area contributed by atoms with Gasteiger partial charge in [0.2, 0.25) is 5.96 Å². The van der Waals surface area contributed by atoms with Crippen LogP contribution in [-0.2, 0) is 0 Å². The number of hydrazine groups is 1. The molecule has 1 rings (SSSR count). The van der Waals surface area contributed by atoms with Crippen molar-refractivity contribution in [3.63, 3.8) is 0 Å². The van der Waals surface area contributed by atoms with Gasteiger partial charge in [-0.1, -0.05) is 6.92 Å². The third kappa shape index (κ3) is 3.63. The van der Waals surface area contributed by atoms with Gasteiger partial charge in [-0.25, -0.2) is 5.84 Å². The molecule has 13 heavy (non-hydrogen) atoms. The third-order valence-electron chi connectivity index (χ3n) is 2.20. The highest BCUT2D eigenvalue weighted by molar-refractivity contribution is 5.79. The highest BCUT2D eigenvalue weighted by Gasteiger charge is 2.23. The van der Waals surface area contributed by atoms with E-state index in [0.29, 0.717) is 0 Å². The number of guanidine groups is 1. The van der Waals surface area contributed by atoms with E-state index >= 15 is 0 Å². The fourth-order valence-corrected chi connectivity index (χ4v) is 1.27. The monoisotopic (exact) mass is 184 g/mol. The minimum Gasteiger partial charge on any atom is -0.345 e. The van der Waals surface area contributed by atoms with Gasteiger partial charge in [0.1, 0.15) is 0 Å². The highest BCUT2D eigenvalue weighted by Crippen LogP contribution is 2.29. The van der Waals surface area contributed by atoms with Gasteiger partial charge >= 0.3 is 0 Å². The summed E-state index contributed by atoms with van der Waals surface area (Å²) in [5.74, 6) is 7.07. The number of rotatable bonds is 4. The number of hydrogen-bond acceptors (Lipinski definition) is 2. The van der Waals surface area contributed by atoms with E-state index < -0.39 is 0 Å². The lowest BCUT2D eigenvalue weighted by Gasteiger charge is -2.20. The average Bonchev–Trinajstić information content (AvgIpc) is 2.90. The Morgan fingerprint density at radius 1 is 1.62 bits per heavy atom. The first-order valence-corrected chi connectivity index (χ1v) is 5.00. The van der Waals surface area contributed by atoms with Gasteiger partial charge in [-0.15, -0.1) is 0 Å². The number of hydrogen-bond donors (Lipinski definition) is 2. The maximum atomic E-state index is 5.39. The first kappa shape index (κ1) is 10.3. The molecule has 1 saturated carbocycles. The SMILES string of the molecule is CCCN=C(NN)N(C)CC1CC1. The molecule has 0 bridgehead atoms. The van der Waals surface area contributed by atoms with Gasteiger partial charge < -0.3 is 4.90 Å². The van der Waals surface area contributed by atoms with Crippen LogP contribution in [0.4, 0.5) is 0 Å². The zero-order valence-corrected chi connectivity index (χ0v) is 8.58. The Kier molecular flexibility index (Phi) is 4.02. The third-order valence-corrected chi connectivity index (χ3v) is 2.20. The van der Waals surface area contributed by atoms with Crippen LogP contribution in [-0.4, -0.2) is 31.0 Å². The van der Waals surface area contributed by atoms with Crippen molar-refractivity contribution in [3.05, 3.63) is 0 Å². The lowest BCUT2D eigenvalue weighted by molar-refractivity contribution is 0.456. The molecule has 0 saturated heterocycles. The van der Waals surface area contributed by atoms with E-state index in [-0.39, 0.29) is 0 Å². The van der Waals surface area contributed by atoms with Crippen LogP contribution in [0, 0.1) is 5.92 Å². The molecule has 0 spiro atoms. The van der Waals surface area contributed by atoms with Crippen molar-refractivity contribution in [2.75, 3.05) is 20.1 Å². The molecule has 1 aliphatic rings. The van der Waals surface area contributed by atoms with Crippen molar-refractivity contribution in [2.45, 2.75) is 26.2 Å². The molecule has 3 N–H and O–H groups in total. The summed E-state index contributed by atoms with van der Waals surface area (Å²) in [6.07, 6.45) is 3.77. The summed E-state index contributed by atoms with van der Waals surface area (Å²) < 4.78 is 0. The van der Waals surface area contributed by atoms with Crippen LogP contribution in [0.3, 0.4) is 0 Å². The van der Waals surface area contributed by atoms with E-state index in [0.717, 1.165) is 31.4 Å². The smallest absolute Gasteiger partial charge is 0.208 e. The highest BCUT2D eigenvalue weighted by atomic mass is 15.4. The van der Waals surface area contributed by atoms with Crippen molar-refractivity contribution in [2.24, 2.45) is 16.8 Å². The molecule has 1 aliphatic carbocycles. The summed E-state index contributed by atoms with van der Waals surface area (Å²) >= 11 is 0. The molecule has 1 fully saturated rings. The first-order valence-electron chi connectivity index (χ1n) is 5.00. The molecule has 4 heteroatoms. The van der Waals surface area contributed by atoms with Crippen LogP contribution in [0.5, 0.6) is 0 Å². The second-order valence-electron chi connectivity index (χ2n) is 3.67. The maximum absolute atomic E-state index is 5.39. The van der Waals surface area contributed by atoms with Crippen LogP contribution in [0.2, 0.25) is 0 Å². The molecule has 0 atom stereocenters. The summed E-state index contributed by atoms with van der Waals surface area (Å²) in [5.41, 5.74) is 2.65. The lowest BCUT2D eigenvalue weighted by atomic mass is 10.4. The standard InChI is InChI=1S/C9H20N4/c1-3-6-11-9(12-10)13(2)7-8-4-5-8/h8H,3-7,10H2,1-2H3,(H,11,12). The van der Waals surface area contributed by atoms with Gasteiger partial charge in [0.15, 0.2) is 0 Å². The van der Waals surface area contributed by atoms with Crippen LogP contribution in [0.15, 0.2) is 4.99 Å². The fraction of sp³-hybridized carbons (Fsp3) is 0.889. The molecular formula is C9H20N4. The molecular weight excluding hydrogens is 164 g/mol. The summed E-state index contributed by atoms with van der Waals surface area (Å²) in [5, 5.41) is 0. The second-order valence-corrected chi connectivity index (χ2v) is 3.67. The topological polar surface area (TPSA) is 53.6 Å². The Morgan fingerprint density at radius 3 is 2.77 bits per heavy atom. The minimum atomic E-state index is 0.814. The van der Waals surface area contributed by atoms with Crippen LogP contribution < -0.4 is 11.3 Å². The van der Waals surface area contributed by atoms with Gasteiger partial charge in [0.05, 0.1) is 0 Å². The quantitative estimate of drug-likeness (QED) is 0.290. The van der Waals surface area contributed by atoms with Gasteiger partial charge in [-0.3, -0.25) is 10.4 Å². The summed E-state index contributed by atoms with van der Waals surface area (Å²) in [6.45, 7) is 4.03. The predicted octanol–water partition coefficient (Wildman–Crippen LogP) is 0.558. The van der Waals surface area contributed by atoms with E-state index in [2.05, 4.69) is 22.2 Å². The van der Waals surface area contributed by atoms with Crippen molar-refractivity contribution in [3.8, 4) is 0 Å². The van der Waals surface area contributed by atoms with Gasteiger partial charge in [0, 0.05) is 20.1 Å². The largest absolute Gasteiger partial charge is 0.345 e. The Labute approximate surface area is 80.2 Å². The van der Waals surface area contributed by atoms with Crippen LogP contribution in [0.1, 0.15) is 26.2 Å². The Hall–Kier alpha value is -0.770. The van der Waals surface area contributed by atoms with Crippen molar-refractivity contribution >= 4 is 5.96 Å². The lowest BCUT2D eigenvalue weighted by Crippen LogP contribution is -2.43. The summed E-state index contributed by atoms with van der Waals surface area (Å²) in [6, 6.07) is 0. The van der Waals surface area contributed by atoms with Gasteiger partial charge in [-0.05, 0) is 25.2 Å². The molecule has 76 valence electrons. The molecule has 4 nitrogen and oxygen atoms in total. The average molecular weight is 184 g/mol. The maximum Gasteiger partial charge on any atom is 0.208 e. The Bertz CT molecular complexity index is 174. The molecule has 0 radical (unpaired) electrons. The van der Waals surface area contributed by atoms with E-state index in [4.69, 9.17) is 5.84 Å². The minimum absolute atomic E-state index is 0.814. The van der Waals surface area contributed by atoms with Gasteiger partial charge in [-0.2, -0.15) is 0 Å². The molecule has 0 aromatic carbocycles. The normalized spacial score (nSPS) is 17.3. The summed E-state index contributed by atoms with van der Waals surface area (Å²) in [4.78, 5) is 6.45. The number of nitrogens with one attached hydrogen (secondary N) is 1. The Morgan fingerprint density at radius 2 is 2.31 bits per heavy atom. The number of aliphatic imine (C=N–C) groups is 1. The summed E-state index contributed by atoms with van der Waals surface area (Å²) in [7, 11) is 2.03. The Balaban J connectivity index is 2.33. The second kappa shape index (κ2) is 5.07. The molecule has 0 aliphatic heterocycles. The van der Waals surface area contributed by atoms with Crippen molar-refractivity contribution in [1.29, 1.82) is 0 Å². The van der Waals surface area contributed by atoms with Crippen LogP contribution >= 0.6 is 0 Å². The number of nitrogens with zero attached hydrogens (tertiary/aromatic N) is 2. The van der Waals surface area contributed by atoms with E-state index in [1.165, 1.54) is 12.8 Å². The molecule has 0 aromatic heterocycles. The fourth-order valence-electron chi connectivity index (χ4n) is 1.27. The molecule has 0 unspecified atom stereocenters. The van der Waals surface area contributed by atoms with E-state index in [1.807, 2.05) is 7.05 Å². The zero-order chi connectivity index (χ0) is 9.68. The molecule has 0 heterocycles. The first-order chi connectivity index (χ1) is 6.27. The van der Waals surface area contributed by atoms with E-state index in [1.54, 1.807) is 0 Å². The number of nitrogens with two attached hydrogens (primary N) is 1. The van der Waals surface area contributed by atoms with Crippen molar-refractivity contribution < 1.29 is 0 Å². The van der Waals surface area contributed by atoms with Crippen LogP contribution in [0.25, 0.3) is 0 Å². The zero-order valence-electron chi connectivity index (χ0n) is 8.58. The van der Waals surface area contributed by atoms with Gasteiger partial charge in [0.25, 0.3) is 0 Å². The predicted molar refractivity (Wildman–Crippen MR) is 55.3 cm³/mol. The molecule has 0 aromatic rings. The van der Waals surface area contributed by atoms with Crippen molar-refractivity contribution in [1.82, 2.24) is 10.3 Å².